The zero-order valence-corrected chi connectivity index (χ0v) is 18.9. The van der Waals surface area contributed by atoms with Crippen molar-refractivity contribution >= 4 is 45.9 Å². The third-order valence-electron chi connectivity index (χ3n) is 3.87. The Labute approximate surface area is 187 Å². The maximum absolute atomic E-state index is 12.4. The number of rotatable bonds is 9. The summed E-state index contributed by atoms with van der Waals surface area (Å²) in [5.41, 5.74) is 1.67. The number of aryl methyl sites for hydroxylation is 1. The van der Waals surface area contributed by atoms with Crippen LogP contribution in [-0.2, 0) is 5.75 Å². The van der Waals surface area contributed by atoms with E-state index < -0.39 is 12.0 Å². The molecule has 2 heterocycles. The van der Waals surface area contributed by atoms with Crippen molar-refractivity contribution in [3.63, 3.8) is 0 Å². The van der Waals surface area contributed by atoms with Crippen LogP contribution in [0.1, 0.15) is 34.8 Å². The number of carbonyl (C=O) groups is 2. The summed E-state index contributed by atoms with van der Waals surface area (Å²) < 4.78 is 5.82. The molecule has 2 aromatic heterocycles. The van der Waals surface area contributed by atoms with E-state index in [1.807, 2.05) is 25.1 Å². The summed E-state index contributed by atoms with van der Waals surface area (Å²) in [4.78, 5) is 35.2. The minimum absolute atomic E-state index is 0.0404. The number of nitrogens with zero attached hydrogens (tertiary/aromatic N) is 2. The Bertz CT molecular complexity index is 1060. The number of urea groups is 1. The molecule has 0 saturated carbocycles. The van der Waals surface area contributed by atoms with Crippen molar-refractivity contribution in [3.05, 3.63) is 46.7 Å². The Morgan fingerprint density at radius 3 is 2.77 bits per heavy atom. The van der Waals surface area contributed by atoms with Gasteiger partial charge in [-0.2, -0.15) is 0 Å². The number of hydrogen-bond acceptors (Lipinski definition) is 7. The first-order chi connectivity index (χ1) is 14.8. The van der Waals surface area contributed by atoms with Crippen molar-refractivity contribution in [3.8, 4) is 5.75 Å². The Balaban J connectivity index is 1.55. The van der Waals surface area contributed by atoms with Crippen molar-refractivity contribution in [1.29, 1.82) is 0 Å². The molecule has 0 atom stereocenters. The van der Waals surface area contributed by atoms with Crippen LogP contribution in [0, 0.1) is 12.8 Å². The lowest BCUT2D eigenvalue weighted by atomic mass is 10.2. The fraction of sp³-hybridized carbons (Fsp3) is 0.300. The molecule has 0 aliphatic rings. The average molecular weight is 462 g/mol. The SMILES string of the molecule is Cc1ccc(NC(=O)Nc2ncc(CSc3ncc(C(=O)O)[nH]3)s2)c(OCC(C)C)c1. The second-order valence-corrected chi connectivity index (χ2v) is 9.19. The maximum atomic E-state index is 12.4. The van der Waals surface area contributed by atoms with Gasteiger partial charge in [-0.25, -0.2) is 19.6 Å². The molecule has 0 fully saturated rings. The minimum atomic E-state index is -1.05. The van der Waals surface area contributed by atoms with Gasteiger partial charge in [0.15, 0.2) is 10.3 Å². The van der Waals surface area contributed by atoms with Crippen LogP contribution >= 0.6 is 23.1 Å². The van der Waals surface area contributed by atoms with Gasteiger partial charge in [0.1, 0.15) is 11.4 Å². The highest BCUT2D eigenvalue weighted by atomic mass is 32.2. The van der Waals surface area contributed by atoms with Crippen LogP contribution in [0.25, 0.3) is 0 Å². The first-order valence-corrected chi connectivity index (χ1v) is 11.3. The highest BCUT2D eigenvalue weighted by Crippen LogP contribution is 2.28. The molecule has 0 spiro atoms. The number of thioether (sulfide) groups is 1. The zero-order chi connectivity index (χ0) is 22.4. The summed E-state index contributed by atoms with van der Waals surface area (Å²) in [6.07, 6.45) is 2.94. The van der Waals surface area contributed by atoms with E-state index in [9.17, 15) is 9.59 Å². The second-order valence-electron chi connectivity index (χ2n) is 7.11. The van der Waals surface area contributed by atoms with Crippen molar-refractivity contribution in [2.45, 2.75) is 31.7 Å². The molecule has 0 aliphatic heterocycles. The van der Waals surface area contributed by atoms with Crippen LogP contribution in [-0.4, -0.2) is 38.7 Å². The molecule has 0 saturated heterocycles. The maximum Gasteiger partial charge on any atom is 0.353 e. The summed E-state index contributed by atoms with van der Waals surface area (Å²) in [6.45, 7) is 6.64. The fourth-order valence-corrected chi connectivity index (χ4v) is 4.09. The van der Waals surface area contributed by atoms with Gasteiger partial charge in [0.2, 0.25) is 0 Å². The van der Waals surface area contributed by atoms with E-state index in [4.69, 9.17) is 9.84 Å². The summed E-state index contributed by atoms with van der Waals surface area (Å²) in [6, 6.07) is 5.19. The molecule has 0 aliphatic carbocycles. The normalized spacial score (nSPS) is 10.8. The number of imidazole rings is 1. The van der Waals surface area contributed by atoms with E-state index >= 15 is 0 Å². The van der Waals surface area contributed by atoms with Crippen molar-refractivity contribution in [2.24, 2.45) is 5.92 Å². The number of ether oxygens (including phenoxy) is 1. The van der Waals surface area contributed by atoms with Gasteiger partial charge in [-0.05, 0) is 30.5 Å². The lowest BCUT2D eigenvalue weighted by Crippen LogP contribution is -2.20. The predicted octanol–water partition coefficient (Wildman–Crippen LogP) is 4.84. The summed E-state index contributed by atoms with van der Waals surface area (Å²) >= 11 is 2.68. The number of aromatic carboxylic acids is 1. The third kappa shape index (κ3) is 6.72. The number of aromatic amines is 1. The van der Waals surface area contributed by atoms with Gasteiger partial charge in [0, 0.05) is 16.8 Å². The van der Waals surface area contributed by atoms with Crippen LogP contribution in [0.15, 0.2) is 35.7 Å². The molecule has 31 heavy (non-hydrogen) atoms. The molecule has 1 aromatic carbocycles. The first kappa shape index (κ1) is 22.6. The van der Waals surface area contributed by atoms with E-state index in [1.54, 1.807) is 6.20 Å². The predicted molar refractivity (Wildman–Crippen MR) is 121 cm³/mol. The van der Waals surface area contributed by atoms with Gasteiger partial charge in [-0.15, -0.1) is 11.3 Å². The van der Waals surface area contributed by atoms with Gasteiger partial charge in [0.25, 0.3) is 0 Å². The monoisotopic (exact) mass is 461 g/mol. The first-order valence-electron chi connectivity index (χ1n) is 9.47. The van der Waals surface area contributed by atoms with Crippen LogP contribution in [0.3, 0.4) is 0 Å². The molecule has 0 radical (unpaired) electrons. The van der Waals surface area contributed by atoms with Gasteiger partial charge in [-0.1, -0.05) is 31.7 Å². The number of hydrogen-bond donors (Lipinski definition) is 4. The van der Waals surface area contributed by atoms with Gasteiger partial charge < -0.3 is 20.1 Å². The number of benzene rings is 1. The topological polar surface area (TPSA) is 129 Å². The smallest absolute Gasteiger partial charge is 0.353 e. The molecule has 3 aromatic rings. The molecule has 0 unspecified atom stereocenters. The third-order valence-corrected chi connectivity index (χ3v) is 5.90. The van der Waals surface area contributed by atoms with Crippen LogP contribution < -0.4 is 15.4 Å². The van der Waals surface area contributed by atoms with Crippen LogP contribution in [0.5, 0.6) is 5.75 Å². The van der Waals surface area contributed by atoms with Crippen molar-refractivity contribution in [1.82, 2.24) is 15.0 Å². The second kappa shape index (κ2) is 10.3. The number of carboxylic acid groups (broad SMARTS) is 1. The highest BCUT2D eigenvalue weighted by molar-refractivity contribution is 7.98. The summed E-state index contributed by atoms with van der Waals surface area (Å²) in [5, 5.41) is 15.4. The van der Waals surface area contributed by atoms with E-state index in [1.165, 1.54) is 29.3 Å². The van der Waals surface area contributed by atoms with Gasteiger partial charge >= 0.3 is 12.0 Å². The van der Waals surface area contributed by atoms with E-state index in [2.05, 4.69) is 39.4 Å². The van der Waals surface area contributed by atoms with E-state index in [0.29, 0.717) is 40.0 Å². The number of carboxylic acids is 1. The largest absolute Gasteiger partial charge is 0.491 e. The Morgan fingerprint density at radius 2 is 2.06 bits per heavy atom. The summed E-state index contributed by atoms with van der Waals surface area (Å²) in [5.74, 6) is 0.476. The lowest BCUT2D eigenvalue weighted by molar-refractivity contribution is 0.0690. The molecular formula is C20H23N5O4S2. The highest BCUT2D eigenvalue weighted by Gasteiger charge is 2.12. The Kier molecular flexibility index (Phi) is 7.53. The lowest BCUT2D eigenvalue weighted by Gasteiger charge is -2.14. The van der Waals surface area contributed by atoms with Gasteiger partial charge in [-0.3, -0.25) is 5.32 Å². The van der Waals surface area contributed by atoms with Crippen LogP contribution in [0.4, 0.5) is 15.6 Å². The number of amides is 2. The number of aromatic nitrogens is 3. The number of nitrogens with one attached hydrogen (secondary N) is 3. The fourth-order valence-electron chi connectivity index (χ4n) is 2.42. The van der Waals surface area contributed by atoms with E-state index in [0.717, 1.165) is 10.4 Å². The molecule has 11 heteroatoms. The number of carbonyl (C=O) groups excluding carboxylic acids is 1. The molecule has 9 nitrogen and oxygen atoms in total. The number of anilines is 2. The molecular weight excluding hydrogens is 438 g/mol. The average Bonchev–Trinajstić information content (AvgIpc) is 3.36. The van der Waals surface area contributed by atoms with Crippen molar-refractivity contribution < 1.29 is 19.4 Å². The standard InChI is InChI=1S/C20H23N5O4S2/c1-11(2)9-29-16-6-12(3)4-5-14(16)23-18(28)25-20-21-7-13(31-20)10-30-19-22-8-15(24-19)17(26)27/h4-8,11H,9-10H2,1-3H3,(H,22,24)(H,26,27)(H2,21,23,25,28). The Morgan fingerprint density at radius 1 is 1.26 bits per heavy atom. The summed E-state index contributed by atoms with van der Waals surface area (Å²) in [7, 11) is 0. The minimum Gasteiger partial charge on any atom is -0.491 e. The molecule has 2 amide bonds. The Hall–Kier alpha value is -3.05. The van der Waals surface area contributed by atoms with E-state index in [-0.39, 0.29) is 5.69 Å². The molecule has 3 rings (SSSR count). The van der Waals surface area contributed by atoms with Crippen LogP contribution in [0.2, 0.25) is 0 Å². The quantitative estimate of drug-likeness (QED) is 0.335. The van der Waals surface area contributed by atoms with Gasteiger partial charge in [0.05, 0.1) is 18.5 Å². The molecule has 4 N–H and O–H groups in total. The van der Waals surface area contributed by atoms with Crippen molar-refractivity contribution in [2.75, 3.05) is 17.2 Å². The zero-order valence-electron chi connectivity index (χ0n) is 17.3. The number of H-pyrrole nitrogens is 1. The number of thiazole rings is 1. The molecule has 0 bridgehead atoms. The molecule has 164 valence electrons.